The van der Waals surface area contributed by atoms with E-state index in [0.29, 0.717) is 6.04 Å². The van der Waals surface area contributed by atoms with Crippen molar-refractivity contribution in [2.24, 2.45) is 5.84 Å². The Morgan fingerprint density at radius 3 is 2.92 bits per heavy atom. The fraction of sp³-hybridized carbons (Fsp3) is 0.471. The molecule has 0 spiro atoms. The van der Waals surface area contributed by atoms with Crippen LogP contribution < -0.4 is 10.7 Å². The summed E-state index contributed by atoms with van der Waals surface area (Å²) in [5.74, 6) is 7.29. The maximum absolute atomic E-state index is 6.55. The minimum absolute atomic E-state index is 0.0841. The molecule has 6 nitrogen and oxygen atoms in total. The summed E-state index contributed by atoms with van der Waals surface area (Å²) in [6.07, 6.45) is 10.2. The normalized spacial score (nSPS) is 22.9. The molecule has 7 heteroatoms. The molecule has 0 aliphatic carbocycles. The summed E-state index contributed by atoms with van der Waals surface area (Å²) >= 11 is 6.55. The molecular formula is C17H23ClN6. The summed E-state index contributed by atoms with van der Waals surface area (Å²) in [4.78, 5) is 6.79. The van der Waals surface area contributed by atoms with Gasteiger partial charge in [-0.3, -0.25) is 15.3 Å². The Kier molecular flexibility index (Phi) is 3.90. The van der Waals surface area contributed by atoms with E-state index in [0.717, 1.165) is 23.6 Å². The monoisotopic (exact) mass is 346 g/mol. The van der Waals surface area contributed by atoms with E-state index in [9.17, 15) is 0 Å². The van der Waals surface area contributed by atoms with E-state index in [2.05, 4.69) is 45.3 Å². The molecule has 2 aromatic heterocycles. The number of nitrogens with two attached hydrogens (primary N) is 1. The Balaban J connectivity index is 1.88. The Labute approximate surface area is 147 Å². The zero-order valence-electron chi connectivity index (χ0n) is 14.1. The number of hydrogen-bond acceptors (Lipinski definition) is 5. The Morgan fingerprint density at radius 1 is 1.42 bits per heavy atom. The summed E-state index contributed by atoms with van der Waals surface area (Å²) in [5, 5.41) is 4.50. The average Bonchev–Trinajstić information content (AvgIpc) is 3.28. The Hall–Kier alpha value is -1.76. The maximum atomic E-state index is 6.55. The lowest BCUT2D eigenvalue weighted by molar-refractivity contribution is 0.0158. The van der Waals surface area contributed by atoms with Crippen LogP contribution in [-0.4, -0.2) is 38.6 Å². The molecule has 4 heterocycles. The minimum Gasteiger partial charge on any atom is -0.355 e. The number of hydrazine groups is 2. The van der Waals surface area contributed by atoms with E-state index in [1.165, 1.54) is 24.2 Å². The second-order valence-electron chi connectivity index (χ2n) is 6.67. The molecule has 24 heavy (non-hydrogen) atoms. The van der Waals surface area contributed by atoms with E-state index in [1.807, 2.05) is 18.7 Å². The number of anilines is 1. The standard InChI is InChI=1S/C17H23ClN6/c1-12-5-3-6-21(12)17-14(13(2)23-7-4-8-24(23)19)9-15(18)16-10-20-11-22(16)17/h4,7,9-13H,3,5-6,8,19H2,1-2H3/t12-,13?/m1/s1. The highest BCUT2D eigenvalue weighted by molar-refractivity contribution is 6.34. The molecule has 2 N–H and O–H groups in total. The quantitative estimate of drug-likeness (QED) is 0.866. The lowest BCUT2D eigenvalue weighted by Crippen LogP contribution is -2.42. The zero-order chi connectivity index (χ0) is 16.8. The molecule has 2 aliphatic heterocycles. The van der Waals surface area contributed by atoms with Crippen LogP contribution in [0.25, 0.3) is 5.52 Å². The third kappa shape index (κ3) is 2.37. The average molecular weight is 347 g/mol. The predicted octanol–water partition coefficient (Wildman–Crippen LogP) is 2.96. The van der Waals surface area contributed by atoms with E-state index in [4.69, 9.17) is 17.4 Å². The molecule has 0 amide bonds. The topological polar surface area (TPSA) is 53.0 Å². The lowest BCUT2D eigenvalue weighted by Gasteiger charge is -2.35. The fourth-order valence-electron chi connectivity index (χ4n) is 3.85. The first-order chi connectivity index (χ1) is 11.6. The number of fused-ring (bicyclic) bond motifs is 1. The Bertz CT molecular complexity index is 785. The van der Waals surface area contributed by atoms with Gasteiger partial charge >= 0.3 is 0 Å². The van der Waals surface area contributed by atoms with Gasteiger partial charge in [-0.05, 0) is 38.8 Å². The van der Waals surface area contributed by atoms with Crippen molar-refractivity contribution >= 4 is 22.9 Å². The van der Waals surface area contributed by atoms with Gasteiger partial charge in [0.05, 0.1) is 29.3 Å². The number of aromatic nitrogens is 2. The largest absolute Gasteiger partial charge is 0.355 e. The van der Waals surface area contributed by atoms with Crippen LogP contribution in [0.4, 0.5) is 5.82 Å². The van der Waals surface area contributed by atoms with Gasteiger partial charge in [0, 0.05) is 24.4 Å². The third-order valence-corrected chi connectivity index (χ3v) is 5.47. The van der Waals surface area contributed by atoms with Crippen LogP contribution in [-0.2, 0) is 0 Å². The molecule has 1 unspecified atom stereocenters. The molecule has 1 saturated heterocycles. The van der Waals surface area contributed by atoms with Crippen molar-refractivity contribution in [2.45, 2.75) is 38.8 Å². The van der Waals surface area contributed by atoms with Gasteiger partial charge in [0.25, 0.3) is 0 Å². The van der Waals surface area contributed by atoms with Crippen molar-refractivity contribution in [1.82, 2.24) is 19.5 Å². The Morgan fingerprint density at radius 2 is 2.25 bits per heavy atom. The molecule has 1 fully saturated rings. The minimum atomic E-state index is 0.0841. The predicted molar refractivity (Wildman–Crippen MR) is 96.5 cm³/mol. The maximum Gasteiger partial charge on any atom is 0.120 e. The van der Waals surface area contributed by atoms with Crippen LogP contribution >= 0.6 is 11.6 Å². The van der Waals surface area contributed by atoms with Gasteiger partial charge in [0.15, 0.2) is 0 Å². The molecule has 0 saturated carbocycles. The van der Waals surface area contributed by atoms with Crippen LogP contribution in [0.1, 0.15) is 38.3 Å². The van der Waals surface area contributed by atoms with E-state index < -0.39 is 0 Å². The number of pyridine rings is 1. The number of nitrogens with zero attached hydrogens (tertiary/aromatic N) is 5. The van der Waals surface area contributed by atoms with Gasteiger partial charge in [-0.1, -0.05) is 11.6 Å². The molecule has 128 valence electrons. The molecule has 0 radical (unpaired) electrons. The van der Waals surface area contributed by atoms with Gasteiger partial charge in [-0.15, -0.1) is 0 Å². The highest BCUT2D eigenvalue weighted by Gasteiger charge is 2.30. The SMILES string of the molecule is CC(c1cc(Cl)c2cncn2c1N1CCC[C@H]1C)N1C=CCN1N. The first-order valence-corrected chi connectivity index (χ1v) is 8.84. The van der Waals surface area contributed by atoms with Crippen LogP contribution in [0.3, 0.4) is 0 Å². The number of hydrogen-bond donors (Lipinski definition) is 1. The molecule has 0 aromatic carbocycles. The molecule has 2 aliphatic rings. The molecular weight excluding hydrogens is 324 g/mol. The molecule has 0 bridgehead atoms. The summed E-state index contributed by atoms with van der Waals surface area (Å²) in [5.41, 5.74) is 2.12. The first-order valence-electron chi connectivity index (χ1n) is 8.46. The van der Waals surface area contributed by atoms with Crippen molar-refractivity contribution in [2.75, 3.05) is 18.0 Å². The number of imidazole rings is 1. The van der Waals surface area contributed by atoms with Crippen molar-refractivity contribution in [3.8, 4) is 0 Å². The van der Waals surface area contributed by atoms with Crippen molar-refractivity contribution in [1.29, 1.82) is 0 Å². The van der Waals surface area contributed by atoms with Crippen LogP contribution in [0.2, 0.25) is 5.02 Å². The van der Waals surface area contributed by atoms with Gasteiger partial charge in [0.2, 0.25) is 0 Å². The third-order valence-electron chi connectivity index (χ3n) is 5.17. The summed E-state index contributed by atoms with van der Waals surface area (Å²) < 4.78 is 2.12. The lowest BCUT2D eigenvalue weighted by atomic mass is 10.1. The van der Waals surface area contributed by atoms with E-state index in [-0.39, 0.29) is 6.04 Å². The summed E-state index contributed by atoms with van der Waals surface area (Å²) in [6.45, 7) is 6.22. The van der Waals surface area contributed by atoms with Crippen LogP contribution in [0, 0.1) is 0 Å². The van der Waals surface area contributed by atoms with Gasteiger partial charge < -0.3 is 4.90 Å². The second-order valence-corrected chi connectivity index (χ2v) is 7.07. The smallest absolute Gasteiger partial charge is 0.120 e. The zero-order valence-corrected chi connectivity index (χ0v) is 14.8. The number of halogens is 1. The first kappa shape index (κ1) is 15.7. The van der Waals surface area contributed by atoms with Crippen LogP contribution in [0.5, 0.6) is 0 Å². The van der Waals surface area contributed by atoms with E-state index in [1.54, 1.807) is 5.12 Å². The van der Waals surface area contributed by atoms with E-state index >= 15 is 0 Å². The van der Waals surface area contributed by atoms with Crippen molar-refractivity contribution in [3.05, 3.63) is 41.5 Å². The molecule has 2 aromatic rings. The van der Waals surface area contributed by atoms with Crippen molar-refractivity contribution < 1.29 is 0 Å². The summed E-state index contributed by atoms with van der Waals surface area (Å²) in [7, 11) is 0. The fourth-order valence-corrected chi connectivity index (χ4v) is 4.11. The second kappa shape index (κ2) is 5.95. The highest BCUT2D eigenvalue weighted by atomic mass is 35.5. The van der Waals surface area contributed by atoms with Gasteiger partial charge in [0.1, 0.15) is 12.1 Å². The highest BCUT2D eigenvalue weighted by Crippen LogP contribution is 2.38. The summed E-state index contributed by atoms with van der Waals surface area (Å²) in [6, 6.07) is 2.66. The van der Waals surface area contributed by atoms with Crippen molar-refractivity contribution in [3.63, 3.8) is 0 Å². The van der Waals surface area contributed by atoms with Gasteiger partial charge in [-0.25, -0.2) is 4.98 Å². The molecule has 4 rings (SSSR count). The van der Waals surface area contributed by atoms with Gasteiger partial charge in [-0.2, -0.15) is 5.12 Å². The van der Waals surface area contributed by atoms with Crippen LogP contribution in [0.15, 0.2) is 30.9 Å². The molecule has 2 atom stereocenters. The number of rotatable bonds is 3.